The molecule has 0 aliphatic rings. The van der Waals surface area contributed by atoms with Gasteiger partial charge in [-0.2, -0.15) is 0 Å². The van der Waals surface area contributed by atoms with Gasteiger partial charge in [-0.1, -0.05) is 17.7 Å². The number of rotatable bonds is 5. The van der Waals surface area contributed by atoms with E-state index in [9.17, 15) is 9.18 Å². The van der Waals surface area contributed by atoms with Gasteiger partial charge in [0.05, 0.1) is 19.8 Å². The average Bonchev–Trinajstić information content (AvgIpc) is 2.56. The Morgan fingerprint density at radius 3 is 2.57 bits per heavy atom. The van der Waals surface area contributed by atoms with Crippen molar-refractivity contribution in [2.24, 2.45) is 0 Å². The van der Waals surface area contributed by atoms with Gasteiger partial charge in [-0.15, -0.1) is 0 Å². The molecule has 122 valence electrons. The van der Waals surface area contributed by atoms with Crippen molar-refractivity contribution < 1.29 is 18.7 Å². The molecule has 0 saturated carbocycles. The van der Waals surface area contributed by atoms with Gasteiger partial charge in [0, 0.05) is 24.2 Å². The second-order valence-corrected chi connectivity index (χ2v) is 5.33. The van der Waals surface area contributed by atoms with Gasteiger partial charge in [-0.25, -0.2) is 4.39 Å². The van der Waals surface area contributed by atoms with Crippen LogP contribution < -0.4 is 9.47 Å². The zero-order chi connectivity index (χ0) is 17.0. The van der Waals surface area contributed by atoms with Gasteiger partial charge < -0.3 is 14.4 Å². The molecule has 23 heavy (non-hydrogen) atoms. The zero-order valence-electron chi connectivity index (χ0n) is 13.1. The number of nitrogens with zero attached hydrogens (tertiary/aromatic N) is 1. The first kappa shape index (κ1) is 17.1. The van der Waals surface area contributed by atoms with E-state index in [4.69, 9.17) is 21.1 Å². The SMILES string of the molecule is COc1ccc(OC)c(C(=O)N(C)Cc2c(F)cccc2Cl)c1. The molecule has 0 saturated heterocycles. The van der Waals surface area contributed by atoms with E-state index in [0.29, 0.717) is 17.1 Å². The fourth-order valence-electron chi connectivity index (χ4n) is 2.18. The third-order valence-corrected chi connectivity index (χ3v) is 3.79. The van der Waals surface area contributed by atoms with Crippen LogP contribution >= 0.6 is 11.6 Å². The lowest BCUT2D eigenvalue weighted by Gasteiger charge is -2.20. The summed E-state index contributed by atoms with van der Waals surface area (Å²) in [5, 5.41) is 0.280. The van der Waals surface area contributed by atoms with Crippen molar-refractivity contribution in [3.05, 3.63) is 58.4 Å². The van der Waals surface area contributed by atoms with E-state index in [1.54, 1.807) is 31.3 Å². The molecule has 0 radical (unpaired) electrons. The van der Waals surface area contributed by atoms with E-state index >= 15 is 0 Å². The number of halogens is 2. The van der Waals surface area contributed by atoms with Gasteiger partial charge in [-0.3, -0.25) is 4.79 Å². The molecule has 6 heteroatoms. The molecule has 1 amide bonds. The predicted molar refractivity (Wildman–Crippen MR) is 86.8 cm³/mol. The smallest absolute Gasteiger partial charge is 0.257 e. The number of amides is 1. The second-order valence-electron chi connectivity index (χ2n) is 4.93. The minimum Gasteiger partial charge on any atom is -0.497 e. The molecule has 2 aromatic rings. The normalized spacial score (nSPS) is 10.3. The van der Waals surface area contributed by atoms with E-state index in [2.05, 4.69) is 0 Å². The Hall–Kier alpha value is -2.27. The third-order valence-electron chi connectivity index (χ3n) is 3.44. The highest BCUT2D eigenvalue weighted by Gasteiger charge is 2.20. The van der Waals surface area contributed by atoms with Crippen LogP contribution in [0.4, 0.5) is 4.39 Å². The first-order valence-corrected chi connectivity index (χ1v) is 7.26. The van der Waals surface area contributed by atoms with Crippen LogP contribution in [-0.2, 0) is 6.54 Å². The van der Waals surface area contributed by atoms with E-state index < -0.39 is 5.82 Å². The van der Waals surface area contributed by atoms with E-state index in [-0.39, 0.29) is 23.0 Å². The van der Waals surface area contributed by atoms with Crippen LogP contribution in [0, 0.1) is 5.82 Å². The fourth-order valence-corrected chi connectivity index (χ4v) is 2.40. The summed E-state index contributed by atoms with van der Waals surface area (Å²) in [6, 6.07) is 9.35. The highest BCUT2D eigenvalue weighted by atomic mass is 35.5. The van der Waals surface area contributed by atoms with Crippen LogP contribution in [0.2, 0.25) is 5.02 Å². The largest absolute Gasteiger partial charge is 0.497 e. The van der Waals surface area contributed by atoms with E-state index in [1.807, 2.05) is 0 Å². The minimum atomic E-state index is -0.449. The summed E-state index contributed by atoms with van der Waals surface area (Å²) in [5.41, 5.74) is 0.605. The maximum atomic E-state index is 13.9. The van der Waals surface area contributed by atoms with Crippen molar-refractivity contribution in [2.45, 2.75) is 6.54 Å². The average molecular weight is 338 g/mol. The van der Waals surface area contributed by atoms with Crippen molar-refractivity contribution in [3.8, 4) is 11.5 Å². The van der Waals surface area contributed by atoms with Gasteiger partial charge in [0.2, 0.25) is 0 Å². The number of carbonyl (C=O) groups is 1. The van der Waals surface area contributed by atoms with Gasteiger partial charge in [-0.05, 0) is 30.3 Å². The summed E-state index contributed by atoms with van der Waals surface area (Å²) >= 11 is 6.01. The topological polar surface area (TPSA) is 38.8 Å². The van der Waals surface area contributed by atoms with Crippen LogP contribution in [-0.4, -0.2) is 32.1 Å². The molecule has 0 bridgehead atoms. The molecule has 0 fully saturated rings. The Morgan fingerprint density at radius 2 is 1.96 bits per heavy atom. The summed E-state index contributed by atoms with van der Waals surface area (Å²) in [4.78, 5) is 14.0. The maximum absolute atomic E-state index is 13.9. The molecular weight excluding hydrogens is 321 g/mol. The van der Waals surface area contributed by atoms with Gasteiger partial charge in [0.15, 0.2) is 0 Å². The van der Waals surface area contributed by atoms with E-state index in [0.717, 1.165) is 0 Å². The number of benzene rings is 2. The van der Waals surface area contributed by atoms with Crippen molar-refractivity contribution in [3.63, 3.8) is 0 Å². The summed E-state index contributed by atoms with van der Waals surface area (Å²) in [5.74, 6) is 0.184. The molecule has 0 atom stereocenters. The molecule has 0 unspecified atom stereocenters. The molecule has 4 nitrogen and oxygen atoms in total. The zero-order valence-corrected chi connectivity index (χ0v) is 13.9. The van der Waals surface area contributed by atoms with Crippen LogP contribution in [0.1, 0.15) is 15.9 Å². The lowest BCUT2D eigenvalue weighted by Crippen LogP contribution is -2.27. The van der Waals surface area contributed by atoms with Gasteiger partial charge >= 0.3 is 0 Å². The molecule has 2 aromatic carbocycles. The Morgan fingerprint density at radius 1 is 1.22 bits per heavy atom. The molecule has 0 aromatic heterocycles. The number of hydrogen-bond acceptors (Lipinski definition) is 3. The Labute approximate surface area is 139 Å². The van der Waals surface area contributed by atoms with Crippen LogP contribution in [0.25, 0.3) is 0 Å². The van der Waals surface area contributed by atoms with Crippen LogP contribution in [0.5, 0.6) is 11.5 Å². The fraction of sp³-hybridized carbons (Fsp3) is 0.235. The molecule has 0 spiro atoms. The number of carbonyl (C=O) groups excluding carboxylic acids is 1. The Bertz CT molecular complexity index is 701. The first-order valence-electron chi connectivity index (χ1n) is 6.88. The summed E-state index contributed by atoms with van der Waals surface area (Å²) in [6.07, 6.45) is 0. The summed E-state index contributed by atoms with van der Waals surface area (Å²) in [7, 11) is 4.56. The second kappa shape index (κ2) is 7.33. The number of hydrogen-bond donors (Lipinski definition) is 0. The van der Waals surface area contributed by atoms with Crippen molar-refractivity contribution in [2.75, 3.05) is 21.3 Å². The van der Waals surface area contributed by atoms with Gasteiger partial charge in [0.25, 0.3) is 5.91 Å². The molecule has 0 N–H and O–H groups in total. The molecule has 0 aliphatic carbocycles. The molecular formula is C17H17ClFNO3. The number of methoxy groups -OCH3 is 2. The Kier molecular flexibility index (Phi) is 5.45. The first-order chi connectivity index (χ1) is 11.0. The monoisotopic (exact) mass is 337 g/mol. The van der Waals surface area contributed by atoms with E-state index in [1.165, 1.54) is 31.3 Å². The molecule has 2 rings (SSSR count). The minimum absolute atomic E-state index is 0.0463. The summed E-state index contributed by atoms with van der Waals surface area (Å²) in [6.45, 7) is 0.0463. The summed E-state index contributed by atoms with van der Waals surface area (Å²) < 4.78 is 24.2. The standard InChI is InChI=1S/C17H17ClFNO3/c1-20(10-13-14(18)5-4-6-15(13)19)17(21)12-9-11(22-2)7-8-16(12)23-3/h4-9H,10H2,1-3H3. The number of ether oxygens (including phenoxy) is 2. The van der Waals surface area contributed by atoms with Crippen molar-refractivity contribution in [1.29, 1.82) is 0 Å². The highest BCUT2D eigenvalue weighted by Crippen LogP contribution is 2.26. The maximum Gasteiger partial charge on any atom is 0.257 e. The quantitative estimate of drug-likeness (QED) is 0.833. The van der Waals surface area contributed by atoms with Crippen molar-refractivity contribution >= 4 is 17.5 Å². The molecule has 0 heterocycles. The Balaban J connectivity index is 2.29. The lowest BCUT2D eigenvalue weighted by atomic mass is 10.1. The van der Waals surface area contributed by atoms with Crippen LogP contribution in [0.15, 0.2) is 36.4 Å². The lowest BCUT2D eigenvalue weighted by molar-refractivity contribution is 0.0780. The predicted octanol–water partition coefficient (Wildman–Crippen LogP) is 3.77. The van der Waals surface area contributed by atoms with Gasteiger partial charge in [0.1, 0.15) is 17.3 Å². The highest BCUT2D eigenvalue weighted by molar-refractivity contribution is 6.31. The van der Waals surface area contributed by atoms with Crippen molar-refractivity contribution in [1.82, 2.24) is 4.90 Å². The van der Waals surface area contributed by atoms with Crippen LogP contribution in [0.3, 0.4) is 0 Å². The third kappa shape index (κ3) is 3.74. The molecule has 0 aliphatic heterocycles.